The van der Waals surface area contributed by atoms with Crippen molar-refractivity contribution in [2.75, 3.05) is 26.4 Å². The van der Waals surface area contributed by atoms with Crippen LogP contribution in [0, 0.1) is 5.41 Å². The van der Waals surface area contributed by atoms with Crippen LogP contribution >= 0.6 is 0 Å². The minimum Gasteiger partial charge on any atom is -0.508 e. The Morgan fingerprint density at radius 3 is 1.30 bits per heavy atom. The van der Waals surface area contributed by atoms with Crippen LogP contribution in [0.3, 0.4) is 0 Å². The standard InChI is InChI=1S/C17H20O6/c18-9-17(10-19,11-22-15-5-1-13(20)2-6-15)12-23-16-7-3-14(21)4-8-16/h1-8,18-21H,9-12H2. The third kappa shape index (κ3) is 4.77. The number of rotatable bonds is 8. The van der Waals surface area contributed by atoms with Crippen molar-refractivity contribution in [3.8, 4) is 23.0 Å². The van der Waals surface area contributed by atoms with Crippen molar-refractivity contribution in [3.05, 3.63) is 48.5 Å². The molecule has 0 bridgehead atoms. The Labute approximate surface area is 134 Å². The SMILES string of the molecule is OCC(CO)(COc1ccc(O)cc1)COc1ccc(O)cc1. The summed E-state index contributed by atoms with van der Waals surface area (Å²) in [5, 5.41) is 37.7. The van der Waals surface area contributed by atoms with Gasteiger partial charge in [-0.2, -0.15) is 0 Å². The summed E-state index contributed by atoms with van der Waals surface area (Å²) < 4.78 is 11.1. The minimum atomic E-state index is -0.976. The first-order valence-corrected chi connectivity index (χ1v) is 7.12. The van der Waals surface area contributed by atoms with Gasteiger partial charge in [0.1, 0.15) is 36.2 Å². The summed E-state index contributed by atoms with van der Waals surface area (Å²) in [6.45, 7) is -0.551. The number of aliphatic hydroxyl groups excluding tert-OH is 2. The molecule has 0 fully saturated rings. The predicted molar refractivity (Wildman–Crippen MR) is 83.8 cm³/mol. The summed E-state index contributed by atoms with van der Waals surface area (Å²) >= 11 is 0. The first kappa shape index (κ1) is 16.9. The average molecular weight is 320 g/mol. The maximum Gasteiger partial charge on any atom is 0.119 e. The molecule has 6 nitrogen and oxygen atoms in total. The third-order valence-corrected chi connectivity index (χ3v) is 3.43. The molecule has 4 N–H and O–H groups in total. The second kappa shape index (κ2) is 7.71. The fourth-order valence-corrected chi connectivity index (χ4v) is 1.83. The molecule has 2 aromatic rings. The van der Waals surface area contributed by atoms with Gasteiger partial charge in [-0.15, -0.1) is 0 Å². The Kier molecular flexibility index (Phi) is 5.67. The van der Waals surface area contributed by atoms with Gasteiger partial charge in [-0.1, -0.05) is 0 Å². The number of aliphatic hydroxyl groups is 2. The highest BCUT2D eigenvalue weighted by atomic mass is 16.5. The van der Waals surface area contributed by atoms with E-state index in [0.29, 0.717) is 11.5 Å². The first-order chi connectivity index (χ1) is 11.1. The molecule has 0 atom stereocenters. The zero-order valence-corrected chi connectivity index (χ0v) is 12.6. The van der Waals surface area contributed by atoms with Gasteiger partial charge >= 0.3 is 0 Å². The van der Waals surface area contributed by atoms with Gasteiger partial charge in [-0.05, 0) is 48.5 Å². The lowest BCUT2D eigenvalue weighted by molar-refractivity contribution is -0.0187. The van der Waals surface area contributed by atoms with E-state index in [0.717, 1.165) is 0 Å². The number of aromatic hydroxyl groups is 2. The summed E-state index contributed by atoms with van der Waals surface area (Å²) in [5.74, 6) is 1.28. The van der Waals surface area contributed by atoms with Crippen molar-refractivity contribution in [3.63, 3.8) is 0 Å². The molecule has 6 heteroatoms. The van der Waals surface area contributed by atoms with Crippen LogP contribution in [0.2, 0.25) is 0 Å². The summed E-state index contributed by atoms with van der Waals surface area (Å²) in [5.41, 5.74) is -0.976. The van der Waals surface area contributed by atoms with Crippen molar-refractivity contribution in [2.24, 2.45) is 5.41 Å². The number of phenolic OH excluding ortho intramolecular Hbond substituents is 2. The van der Waals surface area contributed by atoms with E-state index in [-0.39, 0.29) is 37.9 Å². The Bertz CT molecular complexity index is 538. The molecule has 0 saturated carbocycles. The average Bonchev–Trinajstić information content (AvgIpc) is 2.59. The van der Waals surface area contributed by atoms with Crippen molar-refractivity contribution in [2.45, 2.75) is 0 Å². The molecule has 0 radical (unpaired) electrons. The lowest BCUT2D eigenvalue weighted by atomic mass is 9.92. The zero-order chi connectivity index (χ0) is 16.7. The predicted octanol–water partition coefficient (Wildman–Crippen LogP) is 1.53. The van der Waals surface area contributed by atoms with Crippen LogP contribution < -0.4 is 9.47 Å². The van der Waals surface area contributed by atoms with E-state index in [1.807, 2.05) is 0 Å². The summed E-state index contributed by atoms with van der Waals surface area (Å²) in [7, 11) is 0. The maximum absolute atomic E-state index is 9.62. The lowest BCUT2D eigenvalue weighted by Crippen LogP contribution is -2.41. The fraction of sp³-hybridized carbons (Fsp3) is 0.294. The van der Waals surface area contributed by atoms with E-state index in [4.69, 9.17) is 9.47 Å². The van der Waals surface area contributed by atoms with Gasteiger partial charge in [0.2, 0.25) is 0 Å². The zero-order valence-electron chi connectivity index (χ0n) is 12.6. The van der Waals surface area contributed by atoms with Crippen molar-refractivity contribution in [1.29, 1.82) is 0 Å². The number of hydrogen-bond donors (Lipinski definition) is 4. The maximum atomic E-state index is 9.62. The Morgan fingerprint density at radius 1 is 0.652 bits per heavy atom. The van der Waals surface area contributed by atoms with Gasteiger partial charge in [0, 0.05) is 0 Å². The summed E-state index contributed by atoms with van der Waals surface area (Å²) in [6.07, 6.45) is 0. The van der Waals surface area contributed by atoms with Gasteiger partial charge in [-0.25, -0.2) is 0 Å². The lowest BCUT2D eigenvalue weighted by Gasteiger charge is -2.29. The van der Waals surface area contributed by atoms with Gasteiger partial charge < -0.3 is 29.9 Å². The highest BCUT2D eigenvalue weighted by molar-refractivity contribution is 5.31. The van der Waals surface area contributed by atoms with Gasteiger partial charge in [0.15, 0.2) is 0 Å². The number of benzene rings is 2. The van der Waals surface area contributed by atoms with E-state index in [2.05, 4.69) is 0 Å². The van der Waals surface area contributed by atoms with Crippen LogP contribution in [0.4, 0.5) is 0 Å². The smallest absolute Gasteiger partial charge is 0.119 e. The van der Waals surface area contributed by atoms with Crippen LogP contribution in [0.5, 0.6) is 23.0 Å². The fourth-order valence-electron chi connectivity index (χ4n) is 1.83. The molecule has 0 aliphatic carbocycles. The second-order valence-electron chi connectivity index (χ2n) is 5.38. The molecule has 0 heterocycles. The van der Waals surface area contributed by atoms with Gasteiger partial charge in [0.05, 0.1) is 18.6 Å². The molecule has 2 aromatic carbocycles. The van der Waals surface area contributed by atoms with Gasteiger partial charge in [-0.3, -0.25) is 0 Å². The van der Waals surface area contributed by atoms with Gasteiger partial charge in [0.25, 0.3) is 0 Å². The van der Waals surface area contributed by atoms with E-state index in [1.165, 1.54) is 24.3 Å². The number of hydrogen-bond acceptors (Lipinski definition) is 6. The number of ether oxygens (including phenoxy) is 2. The van der Waals surface area contributed by atoms with E-state index < -0.39 is 5.41 Å². The number of phenols is 2. The molecular weight excluding hydrogens is 300 g/mol. The summed E-state index contributed by atoms with van der Waals surface area (Å²) in [6, 6.07) is 12.3. The summed E-state index contributed by atoms with van der Waals surface area (Å²) in [4.78, 5) is 0. The molecule has 0 saturated heterocycles. The van der Waals surface area contributed by atoms with Crippen molar-refractivity contribution in [1.82, 2.24) is 0 Å². The molecule has 0 aromatic heterocycles. The molecule has 0 aliphatic rings. The van der Waals surface area contributed by atoms with Crippen molar-refractivity contribution >= 4 is 0 Å². The quantitative estimate of drug-likeness (QED) is 0.589. The molecule has 23 heavy (non-hydrogen) atoms. The Morgan fingerprint density at radius 2 is 1.00 bits per heavy atom. The molecular formula is C17H20O6. The van der Waals surface area contributed by atoms with E-state index >= 15 is 0 Å². The van der Waals surface area contributed by atoms with Crippen LogP contribution in [-0.4, -0.2) is 46.9 Å². The Hall–Kier alpha value is -2.44. The molecule has 0 amide bonds. The van der Waals surface area contributed by atoms with Crippen LogP contribution in [0.1, 0.15) is 0 Å². The normalized spacial score (nSPS) is 11.2. The highest BCUT2D eigenvalue weighted by Crippen LogP contribution is 2.23. The molecule has 0 spiro atoms. The highest BCUT2D eigenvalue weighted by Gasteiger charge is 2.31. The molecule has 0 aliphatic heterocycles. The van der Waals surface area contributed by atoms with E-state index in [1.54, 1.807) is 24.3 Å². The topological polar surface area (TPSA) is 99.4 Å². The van der Waals surface area contributed by atoms with Crippen LogP contribution in [0.15, 0.2) is 48.5 Å². The first-order valence-electron chi connectivity index (χ1n) is 7.12. The van der Waals surface area contributed by atoms with E-state index in [9.17, 15) is 20.4 Å². The van der Waals surface area contributed by atoms with Crippen LogP contribution in [0.25, 0.3) is 0 Å². The molecule has 2 rings (SSSR count). The molecule has 0 unspecified atom stereocenters. The third-order valence-electron chi connectivity index (χ3n) is 3.43. The van der Waals surface area contributed by atoms with Crippen LogP contribution in [-0.2, 0) is 0 Å². The van der Waals surface area contributed by atoms with Crippen molar-refractivity contribution < 1.29 is 29.9 Å². The monoisotopic (exact) mass is 320 g/mol. The molecule has 124 valence electrons. The largest absolute Gasteiger partial charge is 0.508 e. The second-order valence-corrected chi connectivity index (χ2v) is 5.38. The minimum absolute atomic E-state index is 0.0445. The Balaban J connectivity index is 1.97.